The summed E-state index contributed by atoms with van der Waals surface area (Å²) in [4.78, 5) is 13.9. The molecule has 0 saturated carbocycles. The lowest BCUT2D eigenvalue weighted by Gasteiger charge is -2.16. The maximum absolute atomic E-state index is 11.7. The Morgan fingerprint density at radius 1 is 1.47 bits per heavy atom. The molecule has 2 atom stereocenters. The van der Waals surface area contributed by atoms with Crippen LogP contribution in [0, 0.1) is 18.8 Å². The van der Waals surface area contributed by atoms with Gasteiger partial charge in [-0.2, -0.15) is 0 Å². The molecule has 0 aliphatic carbocycles. The molecule has 0 radical (unpaired) electrons. The molecule has 2 unspecified atom stereocenters. The molecule has 1 aliphatic heterocycles. The maximum atomic E-state index is 11.7. The fraction of sp³-hybridized carbons (Fsp3) is 0.533. The monoisotopic (exact) mass is 281 g/mol. The lowest BCUT2D eigenvalue weighted by molar-refractivity contribution is -0.146. The number of ether oxygens (including phenoxy) is 1. The summed E-state index contributed by atoms with van der Waals surface area (Å²) in [5.41, 5.74) is 2.28. The molecule has 1 saturated heterocycles. The van der Waals surface area contributed by atoms with Crippen LogP contribution in [0.4, 0.5) is 0 Å². The smallest absolute Gasteiger partial charge is 0.310 e. The number of likely N-dealkylation sites (tertiary alicyclic amines) is 1. The molecule has 1 fully saturated rings. The van der Waals surface area contributed by atoms with Gasteiger partial charge in [-0.3, -0.25) is 9.69 Å². The second kappa shape index (κ2) is 5.93. The zero-order valence-corrected chi connectivity index (χ0v) is 12.4. The van der Waals surface area contributed by atoms with Crippen molar-refractivity contribution in [2.24, 2.45) is 11.8 Å². The molecular weight excluding hydrogens is 262 g/mol. The Balaban J connectivity index is 2.03. The maximum Gasteiger partial charge on any atom is 0.310 e. The van der Waals surface area contributed by atoms with Gasteiger partial charge >= 0.3 is 5.97 Å². The lowest BCUT2D eigenvalue weighted by atomic mass is 9.99. The van der Waals surface area contributed by atoms with E-state index in [4.69, 9.17) is 16.3 Å². The second-order valence-electron chi connectivity index (χ2n) is 5.40. The van der Waals surface area contributed by atoms with Crippen molar-refractivity contribution in [3.05, 3.63) is 34.3 Å². The number of benzene rings is 1. The third-order valence-electron chi connectivity index (χ3n) is 3.79. The van der Waals surface area contributed by atoms with E-state index < -0.39 is 0 Å². The zero-order chi connectivity index (χ0) is 14.0. The summed E-state index contributed by atoms with van der Waals surface area (Å²) in [6.45, 7) is 6.57. The normalized spacial score (nSPS) is 23.6. The van der Waals surface area contributed by atoms with Gasteiger partial charge in [-0.15, -0.1) is 0 Å². The second-order valence-corrected chi connectivity index (χ2v) is 5.80. The highest BCUT2D eigenvalue weighted by Crippen LogP contribution is 2.27. The van der Waals surface area contributed by atoms with E-state index in [9.17, 15) is 4.79 Å². The van der Waals surface area contributed by atoms with E-state index in [1.54, 1.807) is 0 Å². The Morgan fingerprint density at radius 2 is 2.21 bits per heavy atom. The number of methoxy groups -OCH3 is 1. The first kappa shape index (κ1) is 14.4. The number of aryl methyl sites for hydroxylation is 1. The number of carbonyl (C=O) groups excluding carboxylic acids is 1. The Hall–Kier alpha value is -1.06. The van der Waals surface area contributed by atoms with Crippen molar-refractivity contribution in [3.8, 4) is 0 Å². The van der Waals surface area contributed by atoms with Crippen molar-refractivity contribution in [3.63, 3.8) is 0 Å². The van der Waals surface area contributed by atoms with E-state index in [0.717, 1.165) is 35.8 Å². The number of esters is 1. The van der Waals surface area contributed by atoms with Crippen molar-refractivity contribution < 1.29 is 9.53 Å². The highest BCUT2D eigenvalue weighted by molar-refractivity contribution is 6.31. The largest absolute Gasteiger partial charge is 0.469 e. The Morgan fingerprint density at radius 3 is 2.84 bits per heavy atom. The van der Waals surface area contributed by atoms with Gasteiger partial charge in [0.05, 0.1) is 13.0 Å². The van der Waals surface area contributed by atoms with Crippen LogP contribution in [0.25, 0.3) is 0 Å². The number of hydrogen-bond acceptors (Lipinski definition) is 3. The minimum Gasteiger partial charge on any atom is -0.469 e. The topological polar surface area (TPSA) is 29.5 Å². The van der Waals surface area contributed by atoms with Gasteiger partial charge in [0.25, 0.3) is 0 Å². The molecule has 0 bridgehead atoms. The highest BCUT2D eigenvalue weighted by Gasteiger charge is 2.35. The van der Waals surface area contributed by atoms with E-state index >= 15 is 0 Å². The molecule has 4 heteroatoms. The summed E-state index contributed by atoms with van der Waals surface area (Å²) in [6.07, 6.45) is 0. The summed E-state index contributed by atoms with van der Waals surface area (Å²) in [5, 5.41) is 0.800. The first-order chi connectivity index (χ1) is 9.01. The van der Waals surface area contributed by atoms with Crippen LogP contribution in [-0.4, -0.2) is 31.1 Å². The molecule has 0 aromatic heterocycles. The van der Waals surface area contributed by atoms with Crippen LogP contribution >= 0.6 is 11.6 Å². The fourth-order valence-corrected chi connectivity index (χ4v) is 2.97. The quantitative estimate of drug-likeness (QED) is 0.798. The third-order valence-corrected chi connectivity index (χ3v) is 4.15. The molecule has 1 heterocycles. The number of carbonyl (C=O) groups is 1. The standard InChI is InChI=1S/C15H20ClNO2/c1-10-4-5-12(14(16)6-10)8-17-7-11(2)13(9-17)15(18)19-3/h4-6,11,13H,7-9H2,1-3H3. The average molecular weight is 282 g/mol. The predicted octanol–water partition coefficient (Wildman–Crippen LogP) is 2.89. The molecule has 1 aromatic rings. The molecule has 1 aromatic carbocycles. The molecule has 0 amide bonds. The SMILES string of the molecule is COC(=O)C1CN(Cc2ccc(C)cc2Cl)CC1C. The minimum absolute atomic E-state index is 0.0192. The molecule has 2 rings (SSSR count). The van der Waals surface area contributed by atoms with Crippen LogP contribution in [0.2, 0.25) is 5.02 Å². The Bertz CT molecular complexity index is 475. The van der Waals surface area contributed by atoms with Crippen LogP contribution in [0.15, 0.2) is 18.2 Å². The third kappa shape index (κ3) is 3.28. The van der Waals surface area contributed by atoms with Gasteiger partial charge < -0.3 is 4.74 Å². The summed E-state index contributed by atoms with van der Waals surface area (Å²) in [7, 11) is 1.45. The summed E-state index contributed by atoms with van der Waals surface area (Å²) < 4.78 is 4.85. The summed E-state index contributed by atoms with van der Waals surface area (Å²) in [5.74, 6) is 0.205. The predicted molar refractivity (Wildman–Crippen MR) is 76.1 cm³/mol. The van der Waals surface area contributed by atoms with Gasteiger partial charge in [0, 0.05) is 24.7 Å². The van der Waals surface area contributed by atoms with Crippen LogP contribution < -0.4 is 0 Å². The molecule has 3 nitrogen and oxygen atoms in total. The number of hydrogen-bond donors (Lipinski definition) is 0. The van der Waals surface area contributed by atoms with Gasteiger partial charge in [-0.05, 0) is 30.0 Å². The first-order valence-electron chi connectivity index (χ1n) is 6.56. The van der Waals surface area contributed by atoms with E-state index in [2.05, 4.69) is 24.0 Å². The summed E-state index contributed by atoms with van der Waals surface area (Å²) >= 11 is 6.25. The Kier molecular flexibility index (Phi) is 4.48. The lowest BCUT2D eigenvalue weighted by Crippen LogP contribution is -2.24. The van der Waals surface area contributed by atoms with Crippen molar-refractivity contribution in [1.29, 1.82) is 0 Å². The number of nitrogens with zero attached hydrogens (tertiary/aromatic N) is 1. The summed E-state index contributed by atoms with van der Waals surface area (Å²) in [6, 6.07) is 6.11. The minimum atomic E-state index is -0.106. The molecule has 19 heavy (non-hydrogen) atoms. The van der Waals surface area contributed by atoms with Gasteiger partial charge in [0.1, 0.15) is 0 Å². The van der Waals surface area contributed by atoms with Crippen LogP contribution in [0.3, 0.4) is 0 Å². The molecular formula is C15H20ClNO2. The van der Waals surface area contributed by atoms with Crippen molar-refractivity contribution in [1.82, 2.24) is 4.90 Å². The van der Waals surface area contributed by atoms with Crippen LogP contribution in [0.5, 0.6) is 0 Å². The van der Waals surface area contributed by atoms with Gasteiger partial charge in [0.15, 0.2) is 0 Å². The van der Waals surface area contributed by atoms with Gasteiger partial charge in [0.2, 0.25) is 0 Å². The van der Waals surface area contributed by atoms with Gasteiger partial charge in [-0.1, -0.05) is 30.7 Å². The molecule has 0 spiro atoms. The number of rotatable bonds is 3. The van der Waals surface area contributed by atoms with E-state index in [1.165, 1.54) is 7.11 Å². The van der Waals surface area contributed by atoms with E-state index in [1.807, 2.05) is 13.0 Å². The highest BCUT2D eigenvalue weighted by atomic mass is 35.5. The van der Waals surface area contributed by atoms with E-state index in [-0.39, 0.29) is 11.9 Å². The molecule has 1 aliphatic rings. The molecule has 0 N–H and O–H groups in total. The van der Waals surface area contributed by atoms with E-state index in [0.29, 0.717) is 5.92 Å². The van der Waals surface area contributed by atoms with Gasteiger partial charge in [-0.25, -0.2) is 0 Å². The fourth-order valence-electron chi connectivity index (χ4n) is 2.68. The zero-order valence-electron chi connectivity index (χ0n) is 11.6. The van der Waals surface area contributed by atoms with Crippen LogP contribution in [-0.2, 0) is 16.1 Å². The average Bonchev–Trinajstić information content (AvgIpc) is 2.73. The van der Waals surface area contributed by atoms with Crippen LogP contribution in [0.1, 0.15) is 18.1 Å². The Labute approximate surface area is 119 Å². The van der Waals surface area contributed by atoms with Crippen molar-refractivity contribution >= 4 is 17.6 Å². The number of halogens is 1. The van der Waals surface area contributed by atoms with Crippen molar-refractivity contribution in [2.45, 2.75) is 20.4 Å². The van der Waals surface area contributed by atoms with Crippen molar-refractivity contribution in [2.75, 3.05) is 20.2 Å². The molecule has 104 valence electrons. The first-order valence-corrected chi connectivity index (χ1v) is 6.94.